The Kier molecular flexibility index (Phi) is 3.34. The molecule has 0 N–H and O–H groups in total. The Morgan fingerprint density at radius 2 is 1.90 bits per heavy atom. The summed E-state index contributed by atoms with van der Waals surface area (Å²) in [6.07, 6.45) is 3.88. The van der Waals surface area contributed by atoms with Crippen LogP contribution in [-0.2, 0) is 0 Å². The minimum Gasteiger partial charge on any atom is -0.293 e. The summed E-state index contributed by atoms with van der Waals surface area (Å²) in [5.41, 5.74) is 3.45. The van der Waals surface area contributed by atoms with Gasteiger partial charge in [-0.3, -0.25) is 4.79 Å². The van der Waals surface area contributed by atoms with Crippen LogP contribution in [0.15, 0.2) is 53.4 Å². The molecule has 2 aliphatic rings. The Balaban J connectivity index is 1.63. The molecule has 106 valence electrons. The maximum Gasteiger partial charge on any atom is 0.171 e. The smallest absolute Gasteiger partial charge is 0.171 e. The highest BCUT2D eigenvalue weighted by Gasteiger charge is 2.30. The Hall–Kier alpha value is -1.54. The lowest BCUT2D eigenvalue weighted by Crippen LogP contribution is -2.14. The van der Waals surface area contributed by atoms with Gasteiger partial charge in [0.2, 0.25) is 0 Å². The third-order valence-electron chi connectivity index (χ3n) is 4.76. The van der Waals surface area contributed by atoms with Gasteiger partial charge in [-0.2, -0.15) is 0 Å². The van der Waals surface area contributed by atoms with Crippen LogP contribution in [0.3, 0.4) is 0 Å². The molecule has 2 heteroatoms. The molecule has 0 bridgehead atoms. The van der Waals surface area contributed by atoms with Gasteiger partial charge in [0.05, 0.1) is 5.92 Å². The van der Waals surface area contributed by atoms with E-state index in [2.05, 4.69) is 36.4 Å². The number of carbonyl (C=O) groups excluding carboxylic acids is 1. The van der Waals surface area contributed by atoms with Gasteiger partial charge in [-0.05, 0) is 42.0 Å². The molecular formula is C19H18OS. The van der Waals surface area contributed by atoms with Crippen LogP contribution in [0.5, 0.6) is 0 Å². The summed E-state index contributed by atoms with van der Waals surface area (Å²) in [4.78, 5) is 14.1. The number of thioether (sulfide) groups is 1. The molecule has 1 aliphatic carbocycles. The van der Waals surface area contributed by atoms with Crippen LogP contribution < -0.4 is 0 Å². The van der Waals surface area contributed by atoms with Crippen molar-refractivity contribution in [2.45, 2.75) is 36.0 Å². The lowest BCUT2D eigenvalue weighted by Gasteiger charge is -2.26. The lowest BCUT2D eigenvalue weighted by molar-refractivity contribution is 0.0968. The number of hydrogen-bond donors (Lipinski definition) is 0. The molecule has 1 aliphatic heterocycles. The zero-order valence-electron chi connectivity index (χ0n) is 11.9. The van der Waals surface area contributed by atoms with Gasteiger partial charge in [-0.25, -0.2) is 0 Å². The average Bonchev–Trinajstić information content (AvgIpc) is 2.89. The maximum atomic E-state index is 12.9. The van der Waals surface area contributed by atoms with Crippen LogP contribution >= 0.6 is 11.8 Å². The highest BCUT2D eigenvalue weighted by molar-refractivity contribution is 7.99. The van der Waals surface area contributed by atoms with E-state index in [4.69, 9.17) is 0 Å². The van der Waals surface area contributed by atoms with Crippen molar-refractivity contribution in [3.05, 3.63) is 65.2 Å². The average molecular weight is 294 g/mol. The quantitative estimate of drug-likeness (QED) is 0.739. The number of ketones is 1. The fourth-order valence-corrected chi connectivity index (χ4v) is 4.50. The standard InChI is InChI=1S/C19H18OS/c20-19(17-12-21-18-10-2-1-9-16(17)18)15-8-4-7-14(11-15)13-5-3-6-13/h1-2,4,7-11,13,17H,3,5-6,12H2. The summed E-state index contributed by atoms with van der Waals surface area (Å²) in [7, 11) is 0. The zero-order valence-corrected chi connectivity index (χ0v) is 12.7. The number of hydrogen-bond acceptors (Lipinski definition) is 2. The van der Waals surface area contributed by atoms with E-state index in [9.17, 15) is 4.79 Å². The number of benzene rings is 2. The second kappa shape index (κ2) is 5.34. The van der Waals surface area contributed by atoms with Gasteiger partial charge in [-0.1, -0.05) is 42.8 Å². The van der Waals surface area contributed by atoms with E-state index in [0.29, 0.717) is 5.92 Å². The molecule has 1 saturated carbocycles. The van der Waals surface area contributed by atoms with Gasteiger partial charge in [0.15, 0.2) is 5.78 Å². The molecule has 1 heterocycles. The predicted octanol–water partition coefficient (Wildman–Crippen LogP) is 5.03. The van der Waals surface area contributed by atoms with Crippen molar-refractivity contribution in [3.8, 4) is 0 Å². The van der Waals surface area contributed by atoms with Crippen molar-refractivity contribution in [2.75, 3.05) is 5.75 Å². The van der Waals surface area contributed by atoms with Crippen LogP contribution in [0.25, 0.3) is 0 Å². The van der Waals surface area contributed by atoms with E-state index in [-0.39, 0.29) is 11.7 Å². The van der Waals surface area contributed by atoms with Crippen LogP contribution in [0, 0.1) is 0 Å². The van der Waals surface area contributed by atoms with Gasteiger partial charge in [0.1, 0.15) is 0 Å². The van der Waals surface area contributed by atoms with E-state index < -0.39 is 0 Å². The Labute approximate surface area is 129 Å². The number of fused-ring (bicyclic) bond motifs is 1. The van der Waals surface area contributed by atoms with E-state index >= 15 is 0 Å². The van der Waals surface area contributed by atoms with Crippen molar-refractivity contribution >= 4 is 17.5 Å². The fourth-order valence-electron chi connectivity index (χ4n) is 3.27. The molecule has 1 unspecified atom stereocenters. The highest BCUT2D eigenvalue weighted by atomic mass is 32.2. The van der Waals surface area contributed by atoms with E-state index in [1.807, 2.05) is 12.1 Å². The van der Waals surface area contributed by atoms with Crippen LogP contribution in [0.4, 0.5) is 0 Å². The van der Waals surface area contributed by atoms with Crippen LogP contribution in [0.1, 0.15) is 52.6 Å². The highest BCUT2D eigenvalue weighted by Crippen LogP contribution is 2.41. The summed E-state index contributed by atoms with van der Waals surface area (Å²) in [5, 5.41) is 0. The fraction of sp³-hybridized carbons (Fsp3) is 0.316. The first-order valence-electron chi connectivity index (χ1n) is 7.69. The number of Topliss-reactive ketones (excluding diaryl/α,β-unsaturated/α-hetero) is 1. The topological polar surface area (TPSA) is 17.1 Å². The second-order valence-electron chi connectivity index (χ2n) is 6.02. The summed E-state index contributed by atoms with van der Waals surface area (Å²) in [6, 6.07) is 16.7. The first-order chi connectivity index (χ1) is 10.3. The Morgan fingerprint density at radius 3 is 2.71 bits per heavy atom. The normalized spacial score (nSPS) is 20.9. The van der Waals surface area contributed by atoms with Crippen molar-refractivity contribution in [1.82, 2.24) is 0 Å². The second-order valence-corrected chi connectivity index (χ2v) is 7.08. The third-order valence-corrected chi connectivity index (χ3v) is 5.95. The first-order valence-corrected chi connectivity index (χ1v) is 8.67. The van der Waals surface area contributed by atoms with Gasteiger partial charge in [-0.15, -0.1) is 11.8 Å². The molecule has 1 nitrogen and oxygen atoms in total. The third kappa shape index (κ3) is 2.32. The Bertz CT molecular complexity index is 687. The minimum absolute atomic E-state index is 0.0304. The molecular weight excluding hydrogens is 276 g/mol. The van der Waals surface area contributed by atoms with Gasteiger partial charge < -0.3 is 0 Å². The van der Waals surface area contributed by atoms with Gasteiger partial charge >= 0.3 is 0 Å². The van der Waals surface area contributed by atoms with Gasteiger partial charge in [0.25, 0.3) is 0 Å². The molecule has 1 fully saturated rings. The predicted molar refractivity (Wildman–Crippen MR) is 87.3 cm³/mol. The van der Waals surface area contributed by atoms with Crippen LogP contribution in [0.2, 0.25) is 0 Å². The summed E-state index contributed by atoms with van der Waals surface area (Å²) >= 11 is 1.80. The monoisotopic (exact) mass is 294 g/mol. The lowest BCUT2D eigenvalue weighted by atomic mass is 9.79. The molecule has 21 heavy (non-hydrogen) atoms. The maximum absolute atomic E-state index is 12.9. The zero-order chi connectivity index (χ0) is 14.2. The molecule has 0 aromatic heterocycles. The molecule has 2 aromatic carbocycles. The van der Waals surface area contributed by atoms with Crippen molar-refractivity contribution in [3.63, 3.8) is 0 Å². The van der Waals surface area contributed by atoms with E-state index in [1.54, 1.807) is 11.8 Å². The molecule has 4 rings (SSSR count). The summed E-state index contributed by atoms with van der Waals surface area (Å²) < 4.78 is 0. The first kappa shape index (κ1) is 13.1. The molecule has 0 saturated heterocycles. The summed E-state index contributed by atoms with van der Waals surface area (Å²) in [5.74, 6) is 1.88. The SMILES string of the molecule is O=C(c1cccc(C2CCC2)c1)C1CSc2ccccc21. The van der Waals surface area contributed by atoms with Crippen molar-refractivity contribution in [1.29, 1.82) is 0 Å². The minimum atomic E-state index is 0.0304. The molecule has 0 radical (unpaired) electrons. The van der Waals surface area contributed by atoms with Gasteiger partial charge in [0, 0.05) is 16.2 Å². The van der Waals surface area contributed by atoms with Crippen LogP contribution in [-0.4, -0.2) is 11.5 Å². The molecule has 1 atom stereocenters. The Morgan fingerprint density at radius 1 is 1.05 bits per heavy atom. The number of rotatable bonds is 3. The summed E-state index contributed by atoms with van der Waals surface area (Å²) in [6.45, 7) is 0. The molecule has 0 amide bonds. The number of carbonyl (C=O) groups is 1. The van der Waals surface area contributed by atoms with E-state index in [1.165, 1.54) is 35.3 Å². The largest absolute Gasteiger partial charge is 0.293 e. The molecule has 2 aromatic rings. The van der Waals surface area contributed by atoms with Crippen molar-refractivity contribution in [2.24, 2.45) is 0 Å². The molecule has 0 spiro atoms. The van der Waals surface area contributed by atoms with E-state index in [0.717, 1.165) is 11.3 Å². The van der Waals surface area contributed by atoms with Crippen molar-refractivity contribution < 1.29 is 4.79 Å².